The molecular formula is C14H18N4O2. The fourth-order valence-corrected chi connectivity index (χ4v) is 2.56. The molecule has 1 heterocycles. The Morgan fingerprint density at radius 1 is 1.45 bits per heavy atom. The quantitative estimate of drug-likeness (QED) is 0.672. The zero-order valence-corrected chi connectivity index (χ0v) is 11.5. The van der Waals surface area contributed by atoms with Gasteiger partial charge in [-0.1, -0.05) is 19.8 Å². The van der Waals surface area contributed by atoms with Gasteiger partial charge >= 0.3 is 5.69 Å². The van der Waals surface area contributed by atoms with Crippen molar-refractivity contribution in [1.82, 2.24) is 4.98 Å². The molecule has 0 bridgehead atoms. The van der Waals surface area contributed by atoms with Gasteiger partial charge in [0.2, 0.25) is 5.69 Å². The molecule has 1 aromatic rings. The molecule has 6 nitrogen and oxygen atoms in total. The first-order valence-electron chi connectivity index (χ1n) is 6.89. The Balaban J connectivity index is 1.97. The van der Waals surface area contributed by atoms with Crippen LogP contribution in [-0.2, 0) is 0 Å². The first-order valence-corrected chi connectivity index (χ1v) is 6.89. The largest absolute Gasteiger partial charge is 0.370 e. The van der Waals surface area contributed by atoms with E-state index in [2.05, 4.69) is 17.2 Å². The Morgan fingerprint density at radius 2 is 2.15 bits per heavy atom. The molecule has 6 heteroatoms. The fraction of sp³-hybridized carbons (Fsp3) is 0.571. The van der Waals surface area contributed by atoms with E-state index in [1.54, 1.807) is 12.1 Å². The third-order valence-electron chi connectivity index (χ3n) is 3.88. The van der Waals surface area contributed by atoms with E-state index in [9.17, 15) is 10.1 Å². The highest BCUT2D eigenvalue weighted by atomic mass is 16.6. The Morgan fingerprint density at radius 3 is 2.75 bits per heavy atom. The van der Waals surface area contributed by atoms with Gasteiger partial charge in [0.05, 0.1) is 4.92 Å². The number of nitrogens with one attached hydrogen (secondary N) is 1. The lowest BCUT2D eigenvalue weighted by Gasteiger charge is -2.26. The van der Waals surface area contributed by atoms with Crippen molar-refractivity contribution in [2.75, 3.05) is 11.9 Å². The molecule has 106 valence electrons. The molecule has 0 amide bonds. The molecule has 0 aliphatic heterocycles. The van der Waals surface area contributed by atoms with Crippen LogP contribution in [0.2, 0.25) is 0 Å². The minimum absolute atomic E-state index is 0.141. The molecule has 0 aromatic carbocycles. The molecule has 0 atom stereocenters. The van der Waals surface area contributed by atoms with Gasteiger partial charge in [0, 0.05) is 12.6 Å². The third-order valence-corrected chi connectivity index (χ3v) is 3.88. The molecule has 20 heavy (non-hydrogen) atoms. The highest BCUT2D eigenvalue weighted by Crippen LogP contribution is 2.28. The Hall–Kier alpha value is -2.16. The molecule has 1 fully saturated rings. The summed E-state index contributed by atoms with van der Waals surface area (Å²) in [5, 5.41) is 22.8. The van der Waals surface area contributed by atoms with Crippen molar-refractivity contribution in [3.63, 3.8) is 0 Å². The van der Waals surface area contributed by atoms with Crippen LogP contribution in [0.15, 0.2) is 12.1 Å². The van der Waals surface area contributed by atoms with Gasteiger partial charge in [0.15, 0.2) is 0 Å². The second-order valence-corrected chi connectivity index (χ2v) is 5.44. The summed E-state index contributed by atoms with van der Waals surface area (Å²) in [6.07, 6.45) is 4.91. The molecule has 1 aromatic heterocycles. The Bertz CT molecular complexity index is 530. The second kappa shape index (κ2) is 6.33. The lowest BCUT2D eigenvalue weighted by molar-refractivity contribution is -0.385. The van der Waals surface area contributed by atoms with Crippen LogP contribution < -0.4 is 5.32 Å². The Labute approximate surface area is 118 Å². The van der Waals surface area contributed by atoms with Crippen molar-refractivity contribution in [3.8, 4) is 6.07 Å². The van der Waals surface area contributed by atoms with Gasteiger partial charge in [-0.25, -0.2) is 4.98 Å². The van der Waals surface area contributed by atoms with Crippen molar-refractivity contribution in [2.45, 2.75) is 32.6 Å². The lowest BCUT2D eigenvalue weighted by atomic mass is 9.83. The number of hydrogen-bond acceptors (Lipinski definition) is 5. The van der Waals surface area contributed by atoms with E-state index in [1.807, 2.05) is 0 Å². The van der Waals surface area contributed by atoms with Gasteiger partial charge in [-0.3, -0.25) is 10.1 Å². The molecule has 1 N–H and O–H groups in total. The van der Waals surface area contributed by atoms with E-state index in [0.29, 0.717) is 11.7 Å². The highest BCUT2D eigenvalue weighted by Gasteiger charge is 2.19. The van der Waals surface area contributed by atoms with Gasteiger partial charge in [-0.05, 0) is 30.7 Å². The van der Waals surface area contributed by atoms with Crippen LogP contribution in [0.1, 0.15) is 38.3 Å². The number of rotatable bonds is 4. The lowest BCUT2D eigenvalue weighted by Crippen LogP contribution is -2.20. The number of hydrogen-bond donors (Lipinski definition) is 1. The van der Waals surface area contributed by atoms with E-state index in [4.69, 9.17) is 5.26 Å². The summed E-state index contributed by atoms with van der Waals surface area (Å²) in [4.78, 5) is 14.1. The SMILES string of the molecule is CC1CCC(CNc2ccc([N+](=O)[O-])c(C#N)n2)CC1. The average Bonchev–Trinajstić information content (AvgIpc) is 2.46. The monoisotopic (exact) mass is 274 g/mol. The van der Waals surface area contributed by atoms with Gasteiger partial charge in [0.1, 0.15) is 11.9 Å². The van der Waals surface area contributed by atoms with Crippen molar-refractivity contribution >= 4 is 11.5 Å². The molecule has 1 saturated carbocycles. The molecule has 1 aliphatic rings. The number of nitro groups is 1. The van der Waals surface area contributed by atoms with Crippen LogP contribution in [0.5, 0.6) is 0 Å². The van der Waals surface area contributed by atoms with Crippen molar-refractivity contribution in [3.05, 3.63) is 27.9 Å². The average molecular weight is 274 g/mol. The van der Waals surface area contributed by atoms with Crippen LogP contribution in [0, 0.1) is 33.3 Å². The first kappa shape index (κ1) is 14.3. The summed E-state index contributed by atoms with van der Waals surface area (Å²) in [7, 11) is 0. The van der Waals surface area contributed by atoms with Gasteiger partial charge in [-0.15, -0.1) is 0 Å². The number of aromatic nitrogens is 1. The van der Waals surface area contributed by atoms with Gasteiger partial charge in [0.25, 0.3) is 0 Å². The zero-order valence-electron chi connectivity index (χ0n) is 11.5. The topological polar surface area (TPSA) is 91.9 Å². The molecule has 0 radical (unpaired) electrons. The van der Waals surface area contributed by atoms with Crippen LogP contribution >= 0.6 is 0 Å². The van der Waals surface area contributed by atoms with Crippen molar-refractivity contribution < 1.29 is 4.92 Å². The van der Waals surface area contributed by atoms with Crippen LogP contribution in [0.25, 0.3) is 0 Å². The maximum Gasteiger partial charge on any atom is 0.305 e. The smallest absolute Gasteiger partial charge is 0.305 e. The molecule has 2 rings (SSSR count). The predicted molar refractivity (Wildman–Crippen MR) is 75.2 cm³/mol. The fourth-order valence-electron chi connectivity index (χ4n) is 2.56. The third kappa shape index (κ3) is 3.44. The Kier molecular flexibility index (Phi) is 4.51. The van der Waals surface area contributed by atoms with Crippen LogP contribution in [0.3, 0.4) is 0 Å². The van der Waals surface area contributed by atoms with Crippen molar-refractivity contribution in [2.24, 2.45) is 11.8 Å². The molecule has 0 saturated heterocycles. The molecule has 1 aliphatic carbocycles. The number of anilines is 1. The second-order valence-electron chi connectivity index (χ2n) is 5.44. The molecular weight excluding hydrogens is 256 g/mol. The van der Waals surface area contributed by atoms with Crippen molar-refractivity contribution in [1.29, 1.82) is 5.26 Å². The minimum Gasteiger partial charge on any atom is -0.370 e. The summed E-state index contributed by atoms with van der Waals surface area (Å²) < 4.78 is 0. The molecule has 0 spiro atoms. The van der Waals surface area contributed by atoms with E-state index >= 15 is 0 Å². The van der Waals surface area contributed by atoms with Gasteiger partial charge < -0.3 is 5.32 Å². The standard InChI is InChI=1S/C14H18N4O2/c1-10-2-4-11(5-3-10)9-16-14-7-6-13(18(19)20)12(8-15)17-14/h6-7,10-11H,2-5,9H2,1H3,(H,16,17). The maximum absolute atomic E-state index is 10.7. The van der Waals surface area contributed by atoms with E-state index in [-0.39, 0.29) is 11.4 Å². The number of nitriles is 1. The van der Waals surface area contributed by atoms with Gasteiger partial charge in [-0.2, -0.15) is 5.26 Å². The summed E-state index contributed by atoms with van der Waals surface area (Å²) in [5.41, 5.74) is -0.387. The highest BCUT2D eigenvalue weighted by molar-refractivity contribution is 5.50. The normalized spacial score (nSPS) is 22.0. The van der Waals surface area contributed by atoms with Crippen LogP contribution in [0.4, 0.5) is 11.5 Å². The zero-order chi connectivity index (χ0) is 14.5. The first-order chi connectivity index (χ1) is 9.60. The minimum atomic E-state index is -0.585. The summed E-state index contributed by atoms with van der Waals surface area (Å²) in [6, 6.07) is 4.66. The van der Waals surface area contributed by atoms with E-state index in [1.165, 1.54) is 31.7 Å². The summed E-state index contributed by atoms with van der Waals surface area (Å²) >= 11 is 0. The molecule has 0 unspecified atom stereocenters. The summed E-state index contributed by atoms with van der Waals surface area (Å²) in [5.74, 6) is 1.97. The van der Waals surface area contributed by atoms with E-state index in [0.717, 1.165) is 12.5 Å². The summed E-state index contributed by atoms with van der Waals surface area (Å²) in [6.45, 7) is 3.09. The predicted octanol–water partition coefficient (Wildman–Crippen LogP) is 3.10. The number of nitrogens with zero attached hydrogens (tertiary/aromatic N) is 3. The van der Waals surface area contributed by atoms with E-state index < -0.39 is 4.92 Å². The van der Waals surface area contributed by atoms with Crippen LogP contribution in [-0.4, -0.2) is 16.5 Å². The maximum atomic E-state index is 10.7. The number of pyridine rings is 1.